The second kappa shape index (κ2) is 4.38. The van der Waals surface area contributed by atoms with Crippen molar-refractivity contribution in [2.45, 2.75) is 19.2 Å². The Hall–Kier alpha value is -1.79. The number of hydrogen-bond donors (Lipinski definition) is 1. The molecular formula is C9H9F3N2O2. The van der Waals surface area contributed by atoms with E-state index in [0.29, 0.717) is 0 Å². The highest BCUT2D eigenvalue weighted by atomic mass is 19.4. The standard InChI is InChI=1S/C9H9F3N2O2/c1-5(9(10,11)12)16-7-4-2-3-6(14-7)8(13)15/h2-5H,1H3,(H2,13,15). The third kappa shape index (κ3) is 3.11. The van der Waals surface area contributed by atoms with Gasteiger partial charge in [0.15, 0.2) is 6.10 Å². The lowest BCUT2D eigenvalue weighted by Crippen LogP contribution is -2.31. The zero-order valence-electron chi connectivity index (χ0n) is 8.28. The molecule has 0 fully saturated rings. The number of primary amides is 1. The Balaban J connectivity index is 2.82. The maximum atomic E-state index is 12.1. The van der Waals surface area contributed by atoms with Crippen molar-refractivity contribution in [3.05, 3.63) is 23.9 Å². The molecule has 0 aliphatic carbocycles. The minimum absolute atomic E-state index is 0.146. The van der Waals surface area contributed by atoms with Crippen LogP contribution in [0.5, 0.6) is 5.88 Å². The predicted octanol–water partition coefficient (Wildman–Crippen LogP) is 1.51. The number of alkyl halides is 3. The Morgan fingerprint density at radius 2 is 2.12 bits per heavy atom. The summed E-state index contributed by atoms with van der Waals surface area (Å²) in [6.07, 6.45) is -6.48. The summed E-state index contributed by atoms with van der Waals surface area (Å²) in [4.78, 5) is 14.2. The van der Waals surface area contributed by atoms with Crippen LogP contribution in [0.2, 0.25) is 0 Å². The molecule has 0 spiro atoms. The van der Waals surface area contributed by atoms with Gasteiger partial charge in [-0.15, -0.1) is 0 Å². The number of aromatic nitrogens is 1. The molecule has 0 saturated carbocycles. The fourth-order valence-corrected chi connectivity index (χ4v) is 0.866. The Bertz CT molecular complexity index is 393. The van der Waals surface area contributed by atoms with Crippen molar-refractivity contribution in [3.63, 3.8) is 0 Å². The summed E-state index contributed by atoms with van der Waals surface area (Å²) in [6.45, 7) is 0.846. The Kier molecular flexibility index (Phi) is 3.36. The van der Waals surface area contributed by atoms with Crippen LogP contribution in [0.25, 0.3) is 0 Å². The number of nitrogens with zero attached hydrogens (tertiary/aromatic N) is 1. The molecule has 0 aliphatic heterocycles. The zero-order chi connectivity index (χ0) is 12.3. The summed E-state index contributed by atoms with van der Waals surface area (Å²) < 4.78 is 41.0. The van der Waals surface area contributed by atoms with Crippen molar-refractivity contribution in [1.29, 1.82) is 0 Å². The van der Waals surface area contributed by atoms with Crippen molar-refractivity contribution in [3.8, 4) is 5.88 Å². The van der Waals surface area contributed by atoms with E-state index in [9.17, 15) is 18.0 Å². The molecule has 88 valence electrons. The molecule has 16 heavy (non-hydrogen) atoms. The fraction of sp³-hybridized carbons (Fsp3) is 0.333. The number of carbonyl (C=O) groups excluding carboxylic acids is 1. The zero-order valence-corrected chi connectivity index (χ0v) is 8.28. The van der Waals surface area contributed by atoms with Gasteiger partial charge in [-0.2, -0.15) is 13.2 Å². The predicted molar refractivity (Wildman–Crippen MR) is 48.9 cm³/mol. The smallest absolute Gasteiger partial charge is 0.425 e. The van der Waals surface area contributed by atoms with E-state index >= 15 is 0 Å². The van der Waals surface area contributed by atoms with Crippen LogP contribution in [0.3, 0.4) is 0 Å². The summed E-state index contributed by atoms with van der Waals surface area (Å²) in [7, 11) is 0. The molecule has 1 amide bonds. The minimum Gasteiger partial charge on any atom is -0.465 e. The van der Waals surface area contributed by atoms with Gasteiger partial charge in [-0.05, 0) is 13.0 Å². The molecule has 1 aromatic rings. The number of hydrogen-bond acceptors (Lipinski definition) is 3. The highest BCUT2D eigenvalue weighted by Gasteiger charge is 2.38. The summed E-state index contributed by atoms with van der Waals surface area (Å²) in [5.41, 5.74) is 4.77. The Morgan fingerprint density at radius 3 is 2.62 bits per heavy atom. The summed E-state index contributed by atoms with van der Waals surface area (Å²) >= 11 is 0. The number of nitrogens with two attached hydrogens (primary N) is 1. The first-order chi connectivity index (χ1) is 7.30. The molecule has 0 aliphatic rings. The lowest BCUT2D eigenvalue weighted by atomic mass is 10.3. The summed E-state index contributed by atoms with van der Waals surface area (Å²) in [5.74, 6) is -1.12. The van der Waals surface area contributed by atoms with E-state index in [2.05, 4.69) is 9.72 Å². The summed E-state index contributed by atoms with van der Waals surface area (Å²) in [5, 5.41) is 0. The Morgan fingerprint density at radius 1 is 1.50 bits per heavy atom. The fourth-order valence-electron chi connectivity index (χ4n) is 0.866. The van der Waals surface area contributed by atoms with Crippen LogP contribution in [0, 0.1) is 0 Å². The quantitative estimate of drug-likeness (QED) is 0.862. The van der Waals surface area contributed by atoms with Crippen molar-refractivity contribution in [2.75, 3.05) is 0 Å². The first-order valence-electron chi connectivity index (χ1n) is 4.31. The van der Waals surface area contributed by atoms with Crippen molar-refractivity contribution in [2.24, 2.45) is 5.73 Å². The Labute approximate surface area is 89.2 Å². The normalized spacial score (nSPS) is 13.2. The van der Waals surface area contributed by atoms with Gasteiger partial charge in [0.1, 0.15) is 5.69 Å². The highest BCUT2D eigenvalue weighted by Crippen LogP contribution is 2.23. The molecule has 0 saturated heterocycles. The molecule has 1 unspecified atom stereocenters. The van der Waals surface area contributed by atoms with E-state index in [-0.39, 0.29) is 11.6 Å². The van der Waals surface area contributed by atoms with E-state index in [1.165, 1.54) is 18.2 Å². The second-order valence-electron chi connectivity index (χ2n) is 3.03. The molecule has 7 heteroatoms. The third-order valence-electron chi connectivity index (χ3n) is 1.73. The minimum atomic E-state index is -4.48. The van der Waals surface area contributed by atoms with Gasteiger partial charge in [0.05, 0.1) is 0 Å². The second-order valence-corrected chi connectivity index (χ2v) is 3.03. The van der Waals surface area contributed by atoms with Crippen LogP contribution in [-0.4, -0.2) is 23.2 Å². The van der Waals surface area contributed by atoms with Gasteiger partial charge in [0.25, 0.3) is 5.91 Å². The van der Waals surface area contributed by atoms with Crippen LogP contribution in [0.1, 0.15) is 17.4 Å². The van der Waals surface area contributed by atoms with E-state index in [0.717, 1.165) is 6.92 Å². The van der Waals surface area contributed by atoms with Crippen LogP contribution in [0.4, 0.5) is 13.2 Å². The van der Waals surface area contributed by atoms with Crippen LogP contribution >= 0.6 is 0 Å². The van der Waals surface area contributed by atoms with E-state index in [1.54, 1.807) is 0 Å². The van der Waals surface area contributed by atoms with Gasteiger partial charge in [-0.3, -0.25) is 4.79 Å². The number of amides is 1. The summed E-state index contributed by atoms with van der Waals surface area (Å²) in [6, 6.07) is 3.84. The lowest BCUT2D eigenvalue weighted by Gasteiger charge is -2.16. The van der Waals surface area contributed by atoms with Crippen molar-refractivity contribution >= 4 is 5.91 Å². The lowest BCUT2D eigenvalue weighted by molar-refractivity contribution is -0.189. The molecule has 1 heterocycles. The third-order valence-corrected chi connectivity index (χ3v) is 1.73. The van der Waals surface area contributed by atoms with Crippen LogP contribution in [0.15, 0.2) is 18.2 Å². The number of carbonyl (C=O) groups is 1. The number of pyridine rings is 1. The number of halogens is 3. The molecule has 1 atom stereocenters. The molecule has 4 nitrogen and oxygen atoms in total. The van der Waals surface area contributed by atoms with Crippen molar-refractivity contribution < 1.29 is 22.7 Å². The molecule has 1 aromatic heterocycles. The molecule has 0 radical (unpaired) electrons. The average molecular weight is 234 g/mol. The van der Waals surface area contributed by atoms with Gasteiger partial charge in [-0.1, -0.05) is 6.07 Å². The van der Waals surface area contributed by atoms with Crippen LogP contribution in [-0.2, 0) is 0 Å². The van der Waals surface area contributed by atoms with Gasteiger partial charge in [0.2, 0.25) is 5.88 Å². The van der Waals surface area contributed by atoms with E-state index in [1.807, 2.05) is 0 Å². The topological polar surface area (TPSA) is 65.2 Å². The molecule has 1 rings (SSSR count). The maximum absolute atomic E-state index is 12.1. The maximum Gasteiger partial charge on any atom is 0.425 e. The van der Waals surface area contributed by atoms with Gasteiger partial charge < -0.3 is 10.5 Å². The average Bonchev–Trinajstić information content (AvgIpc) is 2.16. The van der Waals surface area contributed by atoms with Crippen LogP contribution < -0.4 is 10.5 Å². The van der Waals surface area contributed by atoms with Gasteiger partial charge in [0, 0.05) is 6.07 Å². The van der Waals surface area contributed by atoms with Gasteiger partial charge in [-0.25, -0.2) is 4.98 Å². The first kappa shape index (κ1) is 12.3. The van der Waals surface area contributed by atoms with Gasteiger partial charge >= 0.3 is 6.18 Å². The van der Waals surface area contributed by atoms with E-state index in [4.69, 9.17) is 5.73 Å². The highest BCUT2D eigenvalue weighted by molar-refractivity contribution is 5.90. The first-order valence-corrected chi connectivity index (χ1v) is 4.31. The SMILES string of the molecule is CC(Oc1cccc(C(N)=O)n1)C(F)(F)F. The molecular weight excluding hydrogens is 225 g/mol. The monoisotopic (exact) mass is 234 g/mol. The number of rotatable bonds is 3. The van der Waals surface area contributed by atoms with Crippen molar-refractivity contribution in [1.82, 2.24) is 4.98 Å². The number of ether oxygens (including phenoxy) is 1. The largest absolute Gasteiger partial charge is 0.465 e. The van der Waals surface area contributed by atoms with E-state index < -0.39 is 18.2 Å². The molecule has 0 aromatic carbocycles. The molecule has 0 bridgehead atoms. The molecule has 2 N–H and O–H groups in total.